The molecule has 0 atom stereocenters. The van der Waals surface area contributed by atoms with E-state index in [0.29, 0.717) is 58.4 Å². The molecule has 1 aromatic carbocycles. The number of hydrogen-bond donors (Lipinski definition) is 0. The molecule has 0 aromatic heterocycles. The Hall–Kier alpha value is -1.49. The Morgan fingerprint density at radius 3 is 1.67 bits per heavy atom. The molecule has 6 heteroatoms. The van der Waals surface area contributed by atoms with Crippen molar-refractivity contribution in [1.29, 1.82) is 5.26 Å². The second-order valence-corrected chi connectivity index (χ2v) is 5.53. The van der Waals surface area contributed by atoms with E-state index in [1.54, 1.807) is 0 Å². The topological polar surface area (TPSA) is 64.0 Å². The Balaban J connectivity index is 1.82. The molecule has 0 spiro atoms. The summed E-state index contributed by atoms with van der Waals surface area (Å²) >= 11 is 0. The molecule has 6 nitrogen and oxygen atoms in total. The van der Waals surface area contributed by atoms with Crippen molar-refractivity contribution in [3.63, 3.8) is 0 Å². The number of ether oxygens (including phenoxy) is 4. The van der Waals surface area contributed by atoms with Crippen LogP contribution < -0.4 is 0 Å². The molecule has 24 heavy (non-hydrogen) atoms. The van der Waals surface area contributed by atoms with E-state index in [4.69, 9.17) is 24.2 Å². The maximum Gasteiger partial charge on any atom is 0.0991 e. The third kappa shape index (κ3) is 7.86. The Morgan fingerprint density at radius 2 is 1.21 bits per heavy atom. The smallest absolute Gasteiger partial charge is 0.0991 e. The second kappa shape index (κ2) is 12.0. The highest BCUT2D eigenvalue weighted by atomic mass is 16.6. The highest BCUT2D eigenvalue weighted by Crippen LogP contribution is 2.07. The zero-order valence-electron chi connectivity index (χ0n) is 14.1. The molecule has 0 amide bonds. The summed E-state index contributed by atoms with van der Waals surface area (Å²) in [4.78, 5) is 2.29. The van der Waals surface area contributed by atoms with Crippen LogP contribution in [0.2, 0.25) is 0 Å². The van der Waals surface area contributed by atoms with Crippen LogP contribution in [0.3, 0.4) is 0 Å². The first-order chi connectivity index (χ1) is 11.9. The molecular formula is C18H26N2O4. The lowest BCUT2D eigenvalue weighted by atomic mass is 10.1. The van der Waals surface area contributed by atoms with E-state index in [1.807, 2.05) is 24.3 Å². The predicted octanol–water partition coefficient (Wildman–Crippen LogP) is 1.44. The second-order valence-electron chi connectivity index (χ2n) is 5.53. The van der Waals surface area contributed by atoms with Gasteiger partial charge in [-0.1, -0.05) is 12.1 Å². The SMILES string of the molecule is N#Cc1ccc(CN2CCOCCOCCOCCOCC2)cc1. The predicted molar refractivity (Wildman–Crippen MR) is 89.7 cm³/mol. The van der Waals surface area contributed by atoms with Crippen molar-refractivity contribution in [3.8, 4) is 6.07 Å². The van der Waals surface area contributed by atoms with Crippen molar-refractivity contribution in [2.75, 3.05) is 65.9 Å². The summed E-state index contributed by atoms with van der Waals surface area (Å²) in [7, 11) is 0. The van der Waals surface area contributed by atoms with Gasteiger partial charge in [0, 0.05) is 19.6 Å². The maximum absolute atomic E-state index is 8.87. The molecule has 0 N–H and O–H groups in total. The van der Waals surface area contributed by atoms with Gasteiger partial charge in [0.1, 0.15) is 0 Å². The summed E-state index contributed by atoms with van der Waals surface area (Å²) in [6.07, 6.45) is 0. The fraction of sp³-hybridized carbons (Fsp3) is 0.611. The van der Waals surface area contributed by atoms with Gasteiger partial charge >= 0.3 is 0 Å². The molecule has 132 valence electrons. The summed E-state index contributed by atoms with van der Waals surface area (Å²) in [5.41, 5.74) is 1.86. The van der Waals surface area contributed by atoms with Crippen molar-refractivity contribution in [3.05, 3.63) is 35.4 Å². The number of hydrogen-bond acceptors (Lipinski definition) is 6. The quantitative estimate of drug-likeness (QED) is 0.815. The van der Waals surface area contributed by atoms with Crippen LogP contribution in [0.25, 0.3) is 0 Å². The molecule has 1 aromatic rings. The summed E-state index contributed by atoms with van der Waals surface area (Å²) < 4.78 is 22.1. The molecule has 1 aliphatic heterocycles. The van der Waals surface area contributed by atoms with Gasteiger partial charge in [0.2, 0.25) is 0 Å². The number of nitrogens with zero attached hydrogens (tertiary/aromatic N) is 2. The first kappa shape index (κ1) is 18.8. The summed E-state index contributed by atoms with van der Waals surface area (Å²) in [6.45, 7) is 7.37. The molecule has 0 aliphatic carbocycles. The highest BCUT2D eigenvalue weighted by Gasteiger charge is 2.07. The van der Waals surface area contributed by atoms with E-state index in [-0.39, 0.29) is 0 Å². The first-order valence-corrected chi connectivity index (χ1v) is 8.41. The number of rotatable bonds is 2. The average Bonchev–Trinajstić information content (AvgIpc) is 2.62. The highest BCUT2D eigenvalue weighted by molar-refractivity contribution is 5.31. The molecule has 0 unspecified atom stereocenters. The maximum atomic E-state index is 8.87. The molecule has 0 bridgehead atoms. The van der Waals surface area contributed by atoms with Crippen LogP contribution in [0.15, 0.2) is 24.3 Å². The van der Waals surface area contributed by atoms with Crippen molar-refractivity contribution in [2.24, 2.45) is 0 Å². The minimum absolute atomic E-state index is 0.591. The van der Waals surface area contributed by atoms with Gasteiger partial charge in [0.25, 0.3) is 0 Å². The van der Waals surface area contributed by atoms with Gasteiger partial charge in [0.05, 0.1) is 64.5 Å². The molecule has 1 fully saturated rings. The van der Waals surface area contributed by atoms with Gasteiger partial charge in [-0.15, -0.1) is 0 Å². The fourth-order valence-corrected chi connectivity index (χ4v) is 2.36. The van der Waals surface area contributed by atoms with Crippen molar-refractivity contribution in [2.45, 2.75) is 6.54 Å². The summed E-state index contributed by atoms with van der Waals surface area (Å²) in [5, 5.41) is 8.87. The lowest BCUT2D eigenvalue weighted by Crippen LogP contribution is -2.31. The van der Waals surface area contributed by atoms with Gasteiger partial charge < -0.3 is 18.9 Å². The van der Waals surface area contributed by atoms with Crippen molar-refractivity contribution in [1.82, 2.24) is 4.90 Å². The zero-order valence-corrected chi connectivity index (χ0v) is 14.1. The molecular weight excluding hydrogens is 308 g/mol. The van der Waals surface area contributed by atoms with Gasteiger partial charge in [-0.25, -0.2) is 0 Å². The van der Waals surface area contributed by atoms with Crippen LogP contribution in [-0.4, -0.2) is 70.8 Å². The Labute approximate surface area is 143 Å². The van der Waals surface area contributed by atoms with Crippen LogP contribution in [0.1, 0.15) is 11.1 Å². The fourth-order valence-electron chi connectivity index (χ4n) is 2.36. The van der Waals surface area contributed by atoms with Crippen LogP contribution in [0, 0.1) is 11.3 Å². The Morgan fingerprint density at radius 1 is 0.750 bits per heavy atom. The van der Waals surface area contributed by atoms with Crippen molar-refractivity contribution < 1.29 is 18.9 Å². The monoisotopic (exact) mass is 334 g/mol. The van der Waals surface area contributed by atoms with E-state index in [9.17, 15) is 0 Å². The molecule has 0 saturated carbocycles. The normalized spacial score (nSPS) is 19.8. The standard InChI is InChI=1S/C18H26N2O4/c19-15-17-1-3-18(4-2-17)16-20-5-7-21-9-11-23-13-14-24-12-10-22-8-6-20/h1-4H,5-14,16H2. The molecule has 0 radical (unpaired) electrons. The van der Waals surface area contributed by atoms with Gasteiger partial charge in [-0.3, -0.25) is 4.90 Å². The lowest BCUT2D eigenvalue weighted by Gasteiger charge is -2.22. The number of nitriles is 1. The molecule has 1 aliphatic rings. The van der Waals surface area contributed by atoms with E-state index < -0.39 is 0 Å². The summed E-state index contributed by atoms with van der Waals surface area (Å²) in [6, 6.07) is 9.84. The third-order valence-electron chi connectivity index (χ3n) is 3.71. The van der Waals surface area contributed by atoms with Crippen LogP contribution >= 0.6 is 0 Å². The number of benzene rings is 1. The van der Waals surface area contributed by atoms with E-state index >= 15 is 0 Å². The largest absolute Gasteiger partial charge is 0.378 e. The van der Waals surface area contributed by atoms with Gasteiger partial charge in [-0.05, 0) is 17.7 Å². The van der Waals surface area contributed by atoms with Gasteiger partial charge in [-0.2, -0.15) is 5.26 Å². The van der Waals surface area contributed by atoms with Crippen LogP contribution in [0.4, 0.5) is 0 Å². The van der Waals surface area contributed by atoms with Crippen LogP contribution in [0.5, 0.6) is 0 Å². The lowest BCUT2D eigenvalue weighted by molar-refractivity contribution is 0.00206. The minimum atomic E-state index is 0.591. The first-order valence-electron chi connectivity index (χ1n) is 8.41. The van der Waals surface area contributed by atoms with E-state index in [2.05, 4.69) is 11.0 Å². The van der Waals surface area contributed by atoms with E-state index in [1.165, 1.54) is 5.56 Å². The summed E-state index contributed by atoms with van der Waals surface area (Å²) in [5.74, 6) is 0. The Kier molecular flexibility index (Phi) is 9.39. The minimum Gasteiger partial charge on any atom is -0.378 e. The molecule has 1 saturated heterocycles. The third-order valence-corrected chi connectivity index (χ3v) is 3.71. The average molecular weight is 334 g/mol. The molecule has 2 rings (SSSR count). The zero-order chi connectivity index (χ0) is 16.9. The Bertz CT molecular complexity index is 471. The van der Waals surface area contributed by atoms with Crippen molar-refractivity contribution >= 4 is 0 Å². The van der Waals surface area contributed by atoms with E-state index in [0.717, 1.165) is 19.6 Å². The van der Waals surface area contributed by atoms with Gasteiger partial charge in [0.15, 0.2) is 0 Å². The molecule has 1 heterocycles. The van der Waals surface area contributed by atoms with Crippen LogP contribution in [-0.2, 0) is 25.5 Å².